The van der Waals surface area contributed by atoms with E-state index in [0.717, 1.165) is 4.57 Å². The quantitative estimate of drug-likeness (QED) is 0.506. The van der Waals surface area contributed by atoms with E-state index in [-0.39, 0.29) is 5.82 Å². The molecule has 0 fully saturated rings. The third-order valence-corrected chi connectivity index (χ3v) is 2.93. The molecule has 0 N–H and O–H groups in total. The van der Waals surface area contributed by atoms with Crippen molar-refractivity contribution in [3.63, 3.8) is 0 Å². The van der Waals surface area contributed by atoms with Crippen molar-refractivity contribution in [2.45, 2.75) is 6.92 Å². The molecule has 3 aromatic rings. The average Bonchev–Trinajstić information content (AvgIpc) is 2.74. The lowest BCUT2D eigenvalue weighted by atomic mass is 10.3. The number of hydrogen-bond acceptors (Lipinski definition) is 2. The van der Waals surface area contributed by atoms with E-state index in [1.54, 1.807) is 24.3 Å². The molecule has 0 saturated heterocycles. The number of imidazole rings is 1. The molecule has 0 amide bonds. The molecule has 3 rings (SSSR count). The van der Waals surface area contributed by atoms with E-state index in [1.165, 1.54) is 6.92 Å². The molecule has 2 aromatic heterocycles. The van der Waals surface area contributed by atoms with Crippen LogP contribution < -0.4 is 0 Å². The maximum Gasteiger partial charge on any atom is 0.253 e. The molecule has 0 unspecified atom stereocenters. The van der Waals surface area contributed by atoms with Crippen molar-refractivity contribution in [3.05, 3.63) is 53.6 Å². The highest BCUT2D eigenvalue weighted by atomic mass is 19.2. The van der Waals surface area contributed by atoms with Gasteiger partial charge in [0.2, 0.25) is 11.6 Å². The molecule has 0 aliphatic heterocycles. The molecular formula is C13H7F4N3. The summed E-state index contributed by atoms with van der Waals surface area (Å²) in [6, 6.07) is 6.50. The predicted molar refractivity (Wildman–Crippen MR) is 63.4 cm³/mol. The summed E-state index contributed by atoms with van der Waals surface area (Å²) in [5.74, 6) is -6.31. The summed E-state index contributed by atoms with van der Waals surface area (Å²) in [5.41, 5.74) is -0.0598. The highest BCUT2D eigenvalue weighted by Crippen LogP contribution is 2.26. The van der Waals surface area contributed by atoms with E-state index in [1.807, 2.05) is 0 Å². The molecule has 0 aliphatic rings. The van der Waals surface area contributed by atoms with Crippen molar-refractivity contribution in [3.8, 4) is 5.69 Å². The average molecular weight is 281 g/mol. The Labute approximate surface area is 110 Å². The Morgan fingerprint density at radius 3 is 2.15 bits per heavy atom. The van der Waals surface area contributed by atoms with Gasteiger partial charge in [0.15, 0.2) is 0 Å². The molecule has 0 bridgehead atoms. The molecule has 1 aromatic carbocycles. The van der Waals surface area contributed by atoms with Crippen LogP contribution in [-0.2, 0) is 0 Å². The number of para-hydroxylation sites is 2. The second-order valence-electron chi connectivity index (χ2n) is 4.15. The van der Waals surface area contributed by atoms with Crippen molar-refractivity contribution in [1.82, 2.24) is 14.5 Å². The number of benzene rings is 1. The number of hydrogen-bond donors (Lipinski definition) is 0. The summed E-state index contributed by atoms with van der Waals surface area (Å²) in [6.07, 6.45) is 0. The first-order valence-corrected chi connectivity index (χ1v) is 5.65. The smallest absolute Gasteiger partial charge is 0.253 e. The van der Waals surface area contributed by atoms with Gasteiger partial charge in [0, 0.05) is 0 Å². The molecule has 3 nitrogen and oxygen atoms in total. The summed E-state index contributed by atoms with van der Waals surface area (Å²) in [7, 11) is 0. The standard InChI is InChI=1S/C13H7F4N3/c1-6-18-7-4-2-3-5-8(7)20(6)11-9(14)12(16)19-13(17)10(11)15/h2-5H,1H3. The van der Waals surface area contributed by atoms with E-state index in [0.29, 0.717) is 11.0 Å². The maximum absolute atomic E-state index is 13.8. The molecule has 20 heavy (non-hydrogen) atoms. The van der Waals surface area contributed by atoms with Crippen LogP contribution in [0.3, 0.4) is 0 Å². The van der Waals surface area contributed by atoms with Gasteiger partial charge in [-0.2, -0.15) is 22.5 Å². The number of rotatable bonds is 1. The van der Waals surface area contributed by atoms with E-state index in [4.69, 9.17) is 0 Å². The minimum Gasteiger partial charge on any atom is -0.291 e. The lowest BCUT2D eigenvalue weighted by molar-refractivity contribution is 0.402. The second-order valence-corrected chi connectivity index (χ2v) is 4.15. The zero-order valence-corrected chi connectivity index (χ0v) is 10.2. The first-order valence-electron chi connectivity index (χ1n) is 5.65. The van der Waals surface area contributed by atoms with Gasteiger partial charge in [-0.25, -0.2) is 4.98 Å². The molecule has 0 saturated carbocycles. The largest absolute Gasteiger partial charge is 0.291 e. The molecule has 0 atom stereocenters. The van der Waals surface area contributed by atoms with Crippen molar-refractivity contribution < 1.29 is 17.6 Å². The first kappa shape index (κ1) is 12.6. The maximum atomic E-state index is 13.8. The predicted octanol–water partition coefficient (Wildman–Crippen LogP) is 3.29. The van der Waals surface area contributed by atoms with Crippen molar-refractivity contribution >= 4 is 11.0 Å². The zero-order valence-electron chi connectivity index (χ0n) is 10.2. The summed E-state index contributed by atoms with van der Waals surface area (Å²) < 4.78 is 55.1. The fourth-order valence-electron chi connectivity index (χ4n) is 2.10. The third kappa shape index (κ3) is 1.66. The Hall–Kier alpha value is -2.44. The van der Waals surface area contributed by atoms with E-state index in [2.05, 4.69) is 9.97 Å². The number of pyridine rings is 1. The van der Waals surface area contributed by atoms with Crippen LogP contribution in [0.4, 0.5) is 17.6 Å². The number of aryl methyl sites for hydroxylation is 1. The Morgan fingerprint density at radius 1 is 0.900 bits per heavy atom. The Kier molecular flexibility index (Phi) is 2.70. The third-order valence-electron chi connectivity index (χ3n) is 2.93. The van der Waals surface area contributed by atoms with Gasteiger partial charge in [0.05, 0.1) is 11.0 Å². The number of nitrogens with zero attached hydrogens (tertiary/aromatic N) is 3. The van der Waals surface area contributed by atoms with Crippen LogP contribution in [0.15, 0.2) is 24.3 Å². The summed E-state index contributed by atoms with van der Waals surface area (Å²) in [4.78, 5) is 6.63. The van der Waals surface area contributed by atoms with Crippen LogP contribution in [0.5, 0.6) is 0 Å². The fourth-order valence-corrected chi connectivity index (χ4v) is 2.10. The zero-order chi connectivity index (χ0) is 14.4. The molecular weight excluding hydrogens is 274 g/mol. The Balaban J connectivity index is 2.46. The normalized spacial score (nSPS) is 11.2. The Morgan fingerprint density at radius 2 is 1.50 bits per heavy atom. The van der Waals surface area contributed by atoms with Crippen LogP contribution in [0.2, 0.25) is 0 Å². The van der Waals surface area contributed by atoms with Crippen LogP contribution in [0.1, 0.15) is 5.82 Å². The number of fused-ring (bicyclic) bond motifs is 1. The number of halogens is 4. The molecule has 7 heteroatoms. The van der Waals surface area contributed by atoms with Gasteiger partial charge >= 0.3 is 0 Å². The summed E-state index contributed by atoms with van der Waals surface area (Å²) in [6.45, 7) is 1.48. The van der Waals surface area contributed by atoms with Crippen LogP contribution in [-0.4, -0.2) is 14.5 Å². The van der Waals surface area contributed by atoms with E-state index in [9.17, 15) is 17.6 Å². The van der Waals surface area contributed by atoms with Crippen LogP contribution >= 0.6 is 0 Å². The summed E-state index contributed by atoms with van der Waals surface area (Å²) in [5, 5.41) is 0. The topological polar surface area (TPSA) is 30.7 Å². The summed E-state index contributed by atoms with van der Waals surface area (Å²) >= 11 is 0. The van der Waals surface area contributed by atoms with Crippen LogP contribution in [0, 0.1) is 30.5 Å². The van der Waals surface area contributed by atoms with Gasteiger partial charge in [0.25, 0.3) is 11.9 Å². The van der Waals surface area contributed by atoms with E-state index >= 15 is 0 Å². The molecule has 0 aliphatic carbocycles. The van der Waals surface area contributed by atoms with Crippen molar-refractivity contribution in [2.24, 2.45) is 0 Å². The second kappa shape index (κ2) is 4.29. The monoisotopic (exact) mass is 281 g/mol. The molecule has 2 heterocycles. The van der Waals surface area contributed by atoms with Gasteiger partial charge in [-0.05, 0) is 19.1 Å². The van der Waals surface area contributed by atoms with Gasteiger partial charge < -0.3 is 0 Å². The van der Waals surface area contributed by atoms with Gasteiger partial charge in [-0.15, -0.1) is 0 Å². The minimum atomic E-state index is -1.70. The Bertz CT molecular complexity index is 800. The molecule has 0 radical (unpaired) electrons. The molecule has 0 spiro atoms. The fraction of sp³-hybridized carbons (Fsp3) is 0.0769. The highest BCUT2D eigenvalue weighted by Gasteiger charge is 2.24. The SMILES string of the molecule is Cc1nc2ccccc2n1-c1c(F)c(F)nc(F)c1F. The first-order chi connectivity index (χ1) is 9.50. The van der Waals surface area contributed by atoms with Gasteiger partial charge in [-0.1, -0.05) is 12.1 Å². The lowest BCUT2D eigenvalue weighted by Gasteiger charge is -2.10. The minimum absolute atomic E-state index is 0.203. The van der Waals surface area contributed by atoms with E-state index < -0.39 is 29.2 Å². The van der Waals surface area contributed by atoms with Crippen molar-refractivity contribution in [2.75, 3.05) is 0 Å². The highest BCUT2D eigenvalue weighted by molar-refractivity contribution is 5.78. The van der Waals surface area contributed by atoms with Gasteiger partial charge in [0.1, 0.15) is 11.5 Å². The van der Waals surface area contributed by atoms with Crippen LogP contribution in [0.25, 0.3) is 16.7 Å². The lowest BCUT2D eigenvalue weighted by Crippen LogP contribution is -2.10. The van der Waals surface area contributed by atoms with Crippen molar-refractivity contribution in [1.29, 1.82) is 0 Å². The van der Waals surface area contributed by atoms with Gasteiger partial charge in [-0.3, -0.25) is 4.57 Å². The molecule has 102 valence electrons. The number of aromatic nitrogens is 3.